The van der Waals surface area contributed by atoms with Crippen molar-refractivity contribution in [2.45, 2.75) is 25.8 Å². The molecule has 1 saturated heterocycles. The first-order valence-corrected chi connectivity index (χ1v) is 13.8. The molecule has 0 saturated carbocycles. The van der Waals surface area contributed by atoms with Gasteiger partial charge in [0.05, 0.1) is 33.1 Å². The lowest BCUT2D eigenvalue weighted by atomic mass is 9.95. The molecule has 0 aromatic heterocycles. The van der Waals surface area contributed by atoms with Gasteiger partial charge in [-0.25, -0.2) is 0 Å². The molecule has 1 fully saturated rings. The maximum absolute atomic E-state index is 13.8. The summed E-state index contributed by atoms with van der Waals surface area (Å²) in [5.74, 6) is 1.44. The monoisotopic (exact) mass is 563 g/mol. The van der Waals surface area contributed by atoms with Crippen LogP contribution in [0.15, 0.2) is 53.3 Å². The number of fused-ring (bicyclic) bond motifs is 3. The highest BCUT2D eigenvalue weighted by atomic mass is 35.5. The molecule has 0 bridgehead atoms. The Bertz CT molecular complexity index is 1490. The van der Waals surface area contributed by atoms with E-state index in [0.29, 0.717) is 53.9 Å². The first kappa shape index (κ1) is 27.6. The number of anilines is 2. The lowest BCUT2D eigenvalue weighted by molar-refractivity contribution is -0.119. The second kappa shape index (κ2) is 11.7. The van der Waals surface area contributed by atoms with E-state index in [4.69, 9.17) is 25.8 Å². The highest BCUT2D eigenvalue weighted by Crippen LogP contribution is 2.50. The number of hydrogen-bond donors (Lipinski definition) is 1. The first-order chi connectivity index (χ1) is 19.3. The van der Waals surface area contributed by atoms with E-state index in [9.17, 15) is 9.59 Å². The van der Waals surface area contributed by atoms with E-state index in [1.165, 1.54) is 6.92 Å². The number of nitrogens with zero attached hydrogens (tertiary/aromatic N) is 2. The van der Waals surface area contributed by atoms with Crippen LogP contribution in [0, 0.1) is 0 Å². The summed E-state index contributed by atoms with van der Waals surface area (Å²) < 4.78 is 17.2. The minimum Gasteiger partial charge on any atom is -0.493 e. The molecule has 0 radical (unpaired) electrons. The molecule has 40 heavy (non-hydrogen) atoms. The number of nitrogens with one attached hydrogen (secondary N) is 1. The van der Waals surface area contributed by atoms with Crippen molar-refractivity contribution in [3.63, 3.8) is 0 Å². The van der Waals surface area contributed by atoms with Gasteiger partial charge in [-0.2, -0.15) is 0 Å². The Morgan fingerprint density at radius 3 is 2.30 bits per heavy atom. The van der Waals surface area contributed by atoms with E-state index in [1.54, 1.807) is 27.4 Å². The van der Waals surface area contributed by atoms with Gasteiger partial charge in [0.25, 0.3) is 0 Å². The summed E-state index contributed by atoms with van der Waals surface area (Å²) in [6.07, 6.45) is 1.28. The number of amides is 1. The Morgan fingerprint density at radius 1 is 0.925 bits per heavy atom. The summed E-state index contributed by atoms with van der Waals surface area (Å²) in [4.78, 5) is 30.4. The normalized spacial score (nSPS) is 16.4. The van der Waals surface area contributed by atoms with E-state index in [1.807, 2.05) is 36.4 Å². The van der Waals surface area contributed by atoms with Crippen molar-refractivity contribution in [1.82, 2.24) is 5.32 Å². The molecule has 1 aliphatic heterocycles. The quantitative estimate of drug-likeness (QED) is 0.459. The third-order valence-electron chi connectivity index (χ3n) is 7.69. The van der Waals surface area contributed by atoms with Gasteiger partial charge in [-0.05, 0) is 65.9 Å². The molecule has 1 heterocycles. The van der Waals surface area contributed by atoms with Crippen LogP contribution in [0.1, 0.15) is 30.5 Å². The van der Waals surface area contributed by atoms with Crippen LogP contribution in [0.5, 0.6) is 17.2 Å². The third kappa shape index (κ3) is 5.28. The molecule has 0 spiro atoms. The first-order valence-electron chi connectivity index (χ1n) is 13.4. The molecule has 3 aromatic carbocycles. The van der Waals surface area contributed by atoms with E-state index >= 15 is 0 Å². The van der Waals surface area contributed by atoms with E-state index < -0.39 is 0 Å². The molecule has 9 heteroatoms. The fraction of sp³-hybridized carbons (Fsp3) is 0.355. The molecule has 210 valence electrons. The van der Waals surface area contributed by atoms with E-state index in [2.05, 4.69) is 21.2 Å². The number of hydrogen-bond acceptors (Lipinski definition) is 7. The van der Waals surface area contributed by atoms with Gasteiger partial charge >= 0.3 is 0 Å². The van der Waals surface area contributed by atoms with Crippen LogP contribution in [0.2, 0.25) is 5.02 Å². The van der Waals surface area contributed by atoms with Crippen molar-refractivity contribution in [2.75, 3.05) is 57.3 Å². The average Bonchev–Trinajstić information content (AvgIpc) is 3.20. The van der Waals surface area contributed by atoms with Crippen LogP contribution in [-0.4, -0.2) is 53.4 Å². The Balaban J connectivity index is 1.59. The largest absolute Gasteiger partial charge is 0.493 e. The topological polar surface area (TPSA) is 80.3 Å². The van der Waals surface area contributed by atoms with Gasteiger partial charge in [-0.3, -0.25) is 9.59 Å². The van der Waals surface area contributed by atoms with Crippen molar-refractivity contribution in [1.29, 1.82) is 0 Å². The Morgan fingerprint density at radius 2 is 1.65 bits per heavy atom. The number of halogens is 1. The summed E-state index contributed by atoms with van der Waals surface area (Å²) in [7, 11) is 4.77. The Kier molecular flexibility index (Phi) is 8.07. The molecule has 1 aliphatic carbocycles. The lowest BCUT2D eigenvalue weighted by Gasteiger charge is -2.37. The number of benzene rings is 2. The average molecular weight is 564 g/mol. The van der Waals surface area contributed by atoms with Crippen LogP contribution >= 0.6 is 11.6 Å². The number of methoxy groups -OCH3 is 3. The van der Waals surface area contributed by atoms with Gasteiger partial charge < -0.3 is 29.3 Å². The number of carbonyl (C=O) groups excluding carboxylic acids is 1. The number of carbonyl (C=O) groups is 1. The van der Waals surface area contributed by atoms with Crippen molar-refractivity contribution in [3.05, 3.63) is 74.9 Å². The van der Waals surface area contributed by atoms with E-state index in [0.717, 1.165) is 41.0 Å². The fourth-order valence-corrected chi connectivity index (χ4v) is 6.02. The van der Waals surface area contributed by atoms with Crippen molar-refractivity contribution in [3.8, 4) is 28.4 Å². The minimum atomic E-state index is -0.339. The maximum atomic E-state index is 13.8. The number of rotatable bonds is 6. The predicted molar refractivity (Wildman–Crippen MR) is 159 cm³/mol. The Labute approximate surface area is 239 Å². The lowest BCUT2D eigenvalue weighted by Crippen LogP contribution is -2.47. The maximum Gasteiger partial charge on any atom is 0.217 e. The second-order valence-corrected chi connectivity index (χ2v) is 10.5. The molecular weight excluding hydrogens is 530 g/mol. The zero-order valence-corrected chi connectivity index (χ0v) is 24.0. The van der Waals surface area contributed by atoms with E-state index in [-0.39, 0.29) is 17.4 Å². The highest BCUT2D eigenvalue weighted by molar-refractivity contribution is 6.30. The smallest absolute Gasteiger partial charge is 0.217 e. The van der Waals surface area contributed by atoms with Crippen LogP contribution in [0.4, 0.5) is 11.4 Å². The standard InChI is InChI=1S/C31H34ClN3O5/c1-19(36)33-25-10-8-20-16-28(38-2)30(39-3)31(40-4)29(20)23-9-11-26(27(37)18-24(23)25)35-14-12-34(13-15-35)22-7-5-6-21(32)17-22/h5-7,9,11,16-18,25H,8,10,12-15H2,1-4H3,(H,33,36). The summed E-state index contributed by atoms with van der Waals surface area (Å²) >= 11 is 6.21. The van der Waals surface area contributed by atoms with Gasteiger partial charge in [-0.15, -0.1) is 0 Å². The van der Waals surface area contributed by atoms with Crippen LogP contribution in [0.25, 0.3) is 11.1 Å². The Hall–Kier alpha value is -3.91. The highest BCUT2D eigenvalue weighted by Gasteiger charge is 2.30. The van der Waals surface area contributed by atoms with Gasteiger partial charge in [0.15, 0.2) is 11.5 Å². The predicted octanol–water partition coefficient (Wildman–Crippen LogP) is 4.84. The third-order valence-corrected chi connectivity index (χ3v) is 7.92. The molecule has 3 aromatic rings. The van der Waals surface area contributed by atoms with Crippen LogP contribution < -0.4 is 34.8 Å². The molecule has 1 unspecified atom stereocenters. The van der Waals surface area contributed by atoms with Crippen LogP contribution in [0.3, 0.4) is 0 Å². The minimum absolute atomic E-state index is 0.0873. The number of ether oxygens (including phenoxy) is 3. The van der Waals surface area contributed by atoms with Crippen LogP contribution in [-0.2, 0) is 11.2 Å². The zero-order valence-electron chi connectivity index (χ0n) is 23.3. The van der Waals surface area contributed by atoms with Crippen molar-refractivity contribution in [2.24, 2.45) is 0 Å². The van der Waals surface area contributed by atoms with Gasteiger partial charge in [-0.1, -0.05) is 23.7 Å². The van der Waals surface area contributed by atoms with Crippen molar-refractivity contribution >= 4 is 28.9 Å². The zero-order chi connectivity index (χ0) is 28.4. The summed E-state index contributed by atoms with van der Waals surface area (Å²) in [5, 5.41) is 3.77. The molecule has 1 amide bonds. The molecule has 2 aliphatic rings. The second-order valence-electron chi connectivity index (χ2n) is 10.0. The van der Waals surface area contributed by atoms with Gasteiger partial charge in [0.2, 0.25) is 17.1 Å². The number of piperazine rings is 1. The SMILES string of the molecule is COc1cc2c(c(OC)c1OC)-c1ccc(N3CCN(c4cccc(Cl)c4)CC3)c(=O)cc1C(NC(C)=O)CC2. The number of aryl methyl sites for hydroxylation is 1. The van der Waals surface area contributed by atoms with Gasteiger partial charge in [0.1, 0.15) is 0 Å². The fourth-order valence-electron chi connectivity index (χ4n) is 5.84. The molecule has 5 rings (SSSR count). The summed E-state index contributed by atoms with van der Waals surface area (Å²) in [5.41, 5.74) is 5.04. The summed E-state index contributed by atoms with van der Waals surface area (Å²) in [6.45, 7) is 4.41. The van der Waals surface area contributed by atoms with Gasteiger partial charge in [0, 0.05) is 49.4 Å². The molecule has 1 atom stereocenters. The molecular formula is C31H34ClN3O5. The molecule has 8 nitrogen and oxygen atoms in total. The molecule has 1 N–H and O–H groups in total. The van der Waals surface area contributed by atoms with Crippen molar-refractivity contribution < 1.29 is 19.0 Å². The summed E-state index contributed by atoms with van der Waals surface area (Å²) in [6, 6.07) is 15.0.